The second kappa shape index (κ2) is 6.02. The molecule has 2 aromatic rings. The third-order valence-corrected chi connectivity index (χ3v) is 4.46. The minimum Gasteiger partial charge on any atom is -0.372 e. The zero-order chi connectivity index (χ0) is 15.7. The Labute approximate surface area is 132 Å². The molecule has 1 fully saturated rings. The fraction of sp³-hybridized carbons (Fsp3) is 0.400. The monoisotopic (exact) mass is 319 g/mol. The maximum Gasteiger partial charge on any atom is 0.269 e. The van der Waals surface area contributed by atoms with Crippen LogP contribution in [0.4, 0.5) is 10.8 Å². The molecule has 1 aromatic carbocycles. The molecule has 0 N–H and O–H groups in total. The van der Waals surface area contributed by atoms with E-state index in [-0.39, 0.29) is 17.9 Å². The van der Waals surface area contributed by atoms with Gasteiger partial charge >= 0.3 is 0 Å². The Morgan fingerprint density at radius 2 is 1.91 bits per heavy atom. The van der Waals surface area contributed by atoms with Crippen molar-refractivity contribution in [2.45, 2.75) is 26.1 Å². The van der Waals surface area contributed by atoms with Crippen molar-refractivity contribution >= 4 is 22.2 Å². The Kier molecular flexibility index (Phi) is 4.08. The predicted octanol–water partition coefficient (Wildman–Crippen LogP) is 3.33. The molecule has 0 radical (unpaired) electrons. The molecule has 0 bridgehead atoms. The number of hydrogen-bond donors (Lipinski definition) is 0. The lowest BCUT2D eigenvalue weighted by molar-refractivity contribution is -0.384. The molecule has 3 rings (SSSR count). The van der Waals surface area contributed by atoms with Crippen LogP contribution in [0.1, 0.15) is 13.8 Å². The number of non-ortho nitro benzene ring substituents is 1. The molecule has 0 saturated carbocycles. The zero-order valence-corrected chi connectivity index (χ0v) is 13.2. The van der Waals surface area contributed by atoms with Crippen molar-refractivity contribution in [3.8, 4) is 11.3 Å². The lowest BCUT2D eigenvalue weighted by Crippen LogP contribution is -2.45. The van der Waals surface area contributed by atoms with Crippen LogP contribution in [0.2, 0.25) is 0 Å². The Balaban J connectivity index is 1.79. The van der Waals surface area contributed by atoms with Crippen LogP contribution in [-0.2, 0) is 4.74 Å². The first kappa shape index (κ1) is 14.9. The minimum absolute atomic E-state index is 0.0926. The highest BCUT2D eigenvalue weighted by Crippen LogP contribution is 2.30. The highest BCUT2D eigenvalue weighted by atomic mass is 32.1. The third kappa shape index (κ3) is 3.10. The van der Waals surface area contributed by atoms with Crippen molar-refractivity contribution in [1.82, 2.24) is 4.98 Å². The second-order valence-electron chi connectivity index (χ2n) is 5.48. The largest absolute Gasteiger partial charge is 0.372 e. The second-order valence-corrected chi connectivity index (χ2v) is 6.32. The van der Waals surface area contributed by atoms with Crippen LogP contribution in [0, 0.1) is 10.1 Å². The minimum atomic E-state index is -0.396. The van der Waals surface area contributed by atoms with Gasteiger partial charge in [-0.25, -0.2) is 4.98 Å². The molecule has 2 atom stereocenters. The number of nitrogens with zero attached hydrogens (tertiary/aromatic N) is 3. The molecule has 0 spiro atoms. The van der Waals surface area contributed by atoms with E-state index in [1.807, 2.05) is 5.38 Å². The van der Waals surface area contributed by atoms with Crippen LogP contribution < -0.4 is 4.90 Å². The fourth-order valence-corrected chi connectivity index (χ4v) is 3.49. The van der Waals surface area contributed by atoms with Gasteiger partial charge in [0.05, 0.1) is 22.8 Å². The highest BCUT2D eigenvalue weighted by Gasteiger charge is 2.24. The molecule has 22 heavy (non-hydrogen) atoms. The van der Waals surface area contributed by atoms with E-state index in [1.165, 1.54) is 12.1 Å². The van der Waals surface area contributed by atoms with Crippen molar-refractivity contribution in [3.63, 3.8) is 0 Å². The number of benzene rings is 1. The summed E-state index contributed by atoms with van der Waals surface area (Å²) >= 11 is 1.59. The average Bonchev–Trinajstić information content (AvgIpc) is 2.96. The van der Waals surface area contributed by atoms with E-state index >= 15 is 0 Å². The number of hydrogen-bond acceptors (Lipinski definition) is 6. The van der Waals surface area contributed by atoms with Crippen LogP contribution in [0.15, 0.2) is 29.6 Å². The molecule has 0 aliphatic carbocycles. The van der Waals surface area contributed by atoms with Gasteiger partial charge in [-0.2, -0.15) is 0 Å². The molecule has 1 saturated heterocycles. The number of thiazole rings is 1. The fourth-order valence-electron chi connectivity index (χ4n) is 2.63. The number of anilines is 1. The Hall–Kier alpha value is -1.99. The Bertz CT molecular complexity index is 661. The van der Waals surface area contributed by atoms with Gasteiger partial charge < -0.3 is 9.64 Å². The van der Waals surface area contributed by atoms with E-state index in [0.29, 0.717) is 0 Å². The van der Waals surface area contributed by atoms with Gasteiger partial charge in [-0.1, -0.05) is 0 Å². The number of aromatic nitrogens is 1. The van der Waals surface area contributed by atoms with Gasteiger partial charge in [0.1, 0.15) is 0 Å². The van der Waals surface area contributed by atoms with Crippen LogP contribution in [-0.4, -0.2) is 35.2 Å². The summed E-state index contributed by atoms with van der Waals surface area (Å²) in [5.41, 5.74) is 1.83. The maximum absolute atomic E-state index is 10.7. The molecule has 116 valence electrons. The first-order valence-corrected chi connectivity index (χ1v) is 8.01. The maximum atomic E-state index is 10.7. The average molecular weight is 319 g/mol. The molecule has 1 aliphatic heterocycles. The quantitative estimate of drug-likeness (QED) is 0.641. The topological polar surface area (TPSA) is 68.5 Å². The van der Waals surface area contributed by atoms with E-state index in [2.05, 4.69) is 23.7 Å². The molecule has 2 heterocycles. The Morgan fingerprint density at radius 1 is 1.27 bits per heavy atom. The van der Waals surface area contributed by atoms with Crippen molar-refractivity contribution in [1.29, 1.82) is 0 Å². The molecule has 7 heteroatoms. The normalized spacial score (nSPS) is 21.8. The van der Waals surface area contributed by atoms with Crippen LogP contribution >= 0.6 is 11.3 Å². The predicted molar refractivity (Wildman–Crippen MR) is 86.4 cm³/mol. The van der Waals surface area contributed by atoms with E-state index in [4.69, 9.17) is 4.74 Å². The van der Waals surface area contributed by atoms with Crippen LogP contribution in [0.25, 0.3) is 11.3 Å². The van der Waals surface area contributed by atoms with E-state index in [0.717, 1.165) is 29.5 Å². The third-order valence-electron chi connectivity index (χ3n) is 3.56. The first-order chi connectivity index (χ1) is 10.5. The van der Waals surface area contributed by atoms with Crippen LogP contribution in [0.3, 0.4) is 0 Å². The van der Waals surface area contributed by atoms with Gasteiger partial charge in [0.25, 0.3) is 5.69 Å². The summed E-state index contributed by atoms with van der Waals surface area (Å²) in [5.74, 6) is 0. The summed E-state index contributed by atoms with van der Waals surface area (Å²) in [6.45, 7) is 5.79. The van der Waals surface area contributed by atoms with Crippen molar-refractivity contribution in [2.75, 3.05) is 18.0 Å². The van der Waals surface area contributed by atoms with E-state index in [1.54, 1.807) is 23.5 Å². The molecule has 0 unspecified atom stereocenters. The number of ether oxygens (including phenoxy) is 1. The molecular weight excluding hydrogens is 302 g/mol. The summed E-state index contributed by atoms with van der Waals surface area (Å²) in [5, 5.41) is 13.6. The van der Waals surface area contributed by atoms with E-state index in [9.17, 15) is 10.1 Å². The zero-order valence-electron chi connectivity index (χ0n) is 12.4. The number of nitro groups is 1. The van der Waals surface area contributed by atoms with Gasteiger partial charge in [0, 0.05) is 36.2 Å². The van der Waals surface area contributed by atoms with Crippen molar-refractivity contribution in [3.05, 3.63) is 39.8 Å². The van der Waals surface area contributed by atoms with Gasteiger partial charge in [-0.15, -0.1) is 11.3 Å². The summed E-state index contributed by atoms with van der Waals surface area (Å²) in [6.07, 6.45) is 0.381. The highest BCUT2D eigenvalue weighted by molar-refractivity contribution is 7.14. The van der Waals surface area contributed by atoms with Crippen molar-refractivity contribution in [2.24, 2.45) is 0 Å². The number of nitro benzene ring substituents is 1. The molecular formula is C15H17N3O3S. The standard InChI is InChI=1S/C15H17N3O3S/c1-10-7-17(8-11(2)21-10)15-16-14(9-22-15)12-3-5-13(6-4-12)18(19)20/h3-6,9-11H,7-8H2,1-2H3/t10-,11-/m0/s1. The summed E-state index contributed by atoms with van der Waals surface area (Å²) in [6, 6.07) is 6.49. The number of rotatable bonds is 3. The van der Waals surface area contributed by atoms with Crippen LogP contribution in [0.5, 0.6) is 0 Å². The SMILES string of the molecule is C[C@H]1CN(c2nc(-c3ccc([N+](=O)[O-])cc3)cs2)C[C@H](C)O1. The lowest BCUT2D eigenvalue weighted by Gasteiger charge is -2.35. The molecule has 1 aromatic heterocycles. The van der Waals surface area contributed by atoms with Gasteiger partial charge in [0.15, 0.2) is 5.13 Å². The number of morpholine rings is 1. The Morgan fingerprint density at radius 3 is 2.50 bits per heavy atom. The first-order valence-electron chi connectivity index (χ1n) is 7.13. The smallest absolute Gasteiger partial charge is 0.269 e. The van der Waals surface area contributed by atoms with Crippen molar-refractivity contribution < 1.29 is 9.66 Å². The van der Waals surface area contributed by atoms with E-state index < -0.39 is 4.92 Å². The van der Waals surface area contributed by atoms with Gasteiger partial charge in [0.2, 0.25) is 0 Å². The van der Waals surface area contributed by atoms with Gasteiger partial charge in [-0.05, 0) is 26.0 Å². The molecule has 1 aliphatic rings. The summed E-state index contributed by atoms with van der Waals surface area (Å²) < 4.78 is 5.74. The summed E-state index contributed by atoms with van der Waals surface area (Å²) in [7, 11) is 0. The molecule has 0 amide bonds. The van der Waals surface area contributed by atoms with Gasteiger partial charge in [-0.3, -0.25) is 10.1 Å². The summed E-state index contributed by atoms with van der Waals surface area (Å²) in [4.78, 5) is 17.2. The molecule has 6 nitrogen and oxygen atoms in total. The lowest BCUT2D eigenvalue weighted by atomic mass is 10.1.